The van der Waals surface area contributed by atoms with Crippen molar-refractivity contribution in [1.82, 2.24) is 0 Å². The lowest BCUT2D eigenvalue weighted by atomic mass is 9.80. The Hall–Kier alpha value is -0.860. The van der Waals surface area contributed by atoms with Crippen LogP contribution >= 0.6 is 0 Å². The summed E-state index contributed by atoms with van der Waals surface area (Å²) in [6.07, 6.45) is 9.28. The number of rotatable bonds is 10. The van der Waals surface area contributed by atoms with Crippen LogP contribution in [0.1, 0.15) is 72.1 Å². The first-order chi connectivity index (χ1) is 8.49. The average Bonchev–Trinajstić information content (AvgIpc) is 2.36. The lowest BCUT2D eigenvalue weighted by Crippen LogP contribution is -2.35. The predicted octanol–water partition coefficient (Wildman–Crippen LogP) is 4.35. The molecule has 1 unspecified atom stereocenters. The molecule has 0 aromatic rings. The Morgan fingerprint density at radius 2 is 1.61 bits per heavy atom. The van der Waals surface area contributed by atoms with Crippen LogP contribution in [0.5, 0.6) is 0 Å². The highest BCUT2D eigenvalue weighted by atomic mass is 16.5. The van der Waals surface area contributed by atoms with Crippen molar-refractivity contribution in [2.75, 3.05) is 7.11 Å². The summed E-state index contributed by atoms with van der Waals surface area (Å²) in [5.74, 6) is -0.277. The molecule has 0 aliphatic carbocycles. The minimum absolute atomic E-state index is 0.277. The molecule has 0 rings (SSSR count). The Labute approximate surface area is 112 Å². The van der Waals surface area contributed by atoms with Gasteiger partial charge in [0.05, 0.1) is 7.11 Å². The normalized spacial score (nSPS) is 14.0. The molecule has 0 saturated heterocycles. The summed E-state index contributed by atoms with van der Waals surface area (Å²) in [7, 11) is 1.40. The van der Waals surface area contributed by atoms with Crippen molar-refractivity contribution < 1.29 is 9.53 Å². The highest BCUT2D eigenvalue weighted by Crippen LogP contribution is 2.27. The molecule has 0 heterocycles. The number of hydrogen-bond donors (Lipinski definition) is 1. The molecule has 0 saturated carbocycles. The number of carbonyl (C=O) groups is 1. The second-order valence-electron chi connectivity index (χ2n) is 5.32. The fraction of sp³-hybridized carbons (Fsp3) is 0.867. The highest BCUT2D eigenvalue weighted by molar-refractivity contribution is 6.03. The van der Waals surface area contributed by atoms with Crippen LogP contribution < -0.4 is 0 Å². The van der Waals surface area contributed by atoms with Crippen LogP contribution in [0.3, 0.4) is 0 Å². The zero-order valence-electron chi connectivity index (χ0n) is 12.5. The molecule has 0 radical (unpaired) electrons. The zero-order chi connectivity index (χ0) is 14.0. The molecule has 0 aromatic carbocycles. The van der Waals surface area contributed by atoms with Crippen LogP contribution in [0.25, 0.3) is 0 Å². The van der Waals surface area contributed by atoms with Crippen molar-refractivity contribution in [3.8, 4) is 0 Å². The third-order valence-electron chi connectivity index (χ3n) is 3.74. The van der Waals surface area contributed by atoms with Crippen molar-refractivity contribution in [3.63, 3.8) is 0 Å². The van der Waals surface area contributed by atoms with Crippen molar-refractivity contribution in [3.05, 3.63) is 0 Å². The van der Waals surface area contributed by atoms with Gasteiger partial charge in [0.15, 0.2) is 0 Å². The van der Waals surface area contributed by atoms with Gasteiger partial charge in [-0.1, -0.05) is 51.9 Å². The lowest BCUT2D eigenvalue weighted by molar-refractivity contribution is -0.148. The summed E-state index contributed by atoms with van der Waals surface area (Å²) in [6.45, 7) is 5.73. The summed E-state index contributed by atoms with van der Waals surface area (Å²) < 4.78 is 4.81. The molecule has 3 nitrogen and oxygen atoms in total. The van der Waals surface area contributed by atoms with Gasteiger partial charge in [0.25, 0.3) is 0 Å². The standard InChI is InChI=1S/C15H29NO2/c1-5-6-7-8-9-10-11-12-15(3,13(2)16)14(17)18-4/h16H,5-12H2,1-4H3. The predicted molar refractivity (Wildman–Crippen MR) is 76.1 cm³/mol. The number of methoxy groups -OCH3 is 1. The van der Waals surface area contributed by atoms with Crippen LogP contribution in [0.2, 0.25) is 0 Å². The van der Waals surface area contributed by atoms with Gasteiger partial charge in [0, 0.05) is 5.71 Å². The first-order valence-corrected chi connectivity index (χ1v) is 7.13. The van der Waals surface area contributed by atoms with Crippen LogP contribution in [0, 0.1) is 10.8 Å². The Bertz CT molecular complexity index is 263. The van der Waals surface area contributed by atoms with Gasteiger partial charge in [-0.2, -0.15) is 0 Å². The minimum atomic E-state index is -0.724. The summed E-state index contributed by atoms with van der Waals surface area (Å²) >= 11 is 0. The molecule has 0 bridgehead atoms. The van der Waals surface area contributed by atoms with E-state index in [1.165, 1.54) is 39.2 Å². The SMILES string of the molecule is CCCCCCCCCC(C)(C(C)=N)C(=O)OC. The van der Waals surface area contributed by atoms with E-state index in [1.807, 2.05) is 6.92 Å². The average molecular weight is 255 g/mol. The van der Waals surface area contributed by atoms with Crippen LogP contribution in [0.4, 0.5) is 0 Å². The molecule has 106 valence electrons. The van der Waals surface area contributed by atoms with Crippen molar-refractivity contribution in [1.29, 1.82) is 5.41 Å². The molecule has 3 heteroatoms. The number of carbonyl (C=O) groups excluding carboxylic acids is 1. The minimum Gasteiger partial charge on any atom is -0.468 e. The highest BCUT2D eigenvalue weighted by Gasteiger charge is 2.35. The molecule has 0 fully saturated rings. The monoisotopic (exact) mass is 255 g/mol. The van der Waals surface area contributed by atoms with E-state index in [4.69, 9.17) is 10.1 Å². The summed E-state index contributed by atoms with van der Waals surface area (Å²) in [4.78, 5) is 11.7. The quantitative estimate of drug-likeness (QED) is 0.358. The second-order valence-corrected chi connectivity index (χ2v) is 5.32. The molecular weight excluding hydrogens is 226 g/mol. The van der Waals surface area contributed by atoms with Crippen LogP contribution in [-0.4, -0.2) is 18.8 Å². The van der Waals surface area contributed by atoms with Crippen molar-refractivity contribution in [2.45, 2.75) is 72.1 Å². The maximum Gasteiger partial charge on any atom is 0.317 e. The number of nitrogens with one attached hydrogen (secondary N) is 1. The molecule has 0 aliphatic rings. The maximum absolute atomic E-state index is 11.7. The topological polar surface area (TPSA) is 50.2 Å². The second kappa shape index (κ2) is 9.12. The van der Waals surface area contributed by atoms with E-state index in [1.54, 1.807) is 6.92 Å². The van der Waals surface area contributed by atoms with E-state index in [0.29, 0.717) is 5.71 Å². The number of hydrogen-bond acceptors (Lipinski definition) is 3. The van der Waals surface area contributed by atoms with Gasteiger partial charge in [0.1, 0.15) is 5.41 Å². The molecule has 0 aromatic heterocycles. The van der Waals surface area contributed by atoms with Gasteiger partial charge in [-0.15, -0.1) is 0 Å². The van der Waals surface area contributed by atoms with E-state index in [9.17, 15) is 4.79 Å². The van der Waals surface area contributed by atoms with Crippen LogP contribution in [-0.2, 0) is 9.53 Å². The molecular formula is C15H29NO2. The summed E-state index contributed by atoms with van der Waals surface area (Å²) in [5.41, 5.74) is -0.321. The molecule has 0 spiro atoms. The molecule has 18 heavy (non-hydrogen) atoms. The van der Waals surface area contributed by atoms with E-state index in [-0.39, 0.29) is 5.97 Å². The van der Waals surface area contributed by atoms with Gasteiger partial charge in [-0.3, -0.25) is 4.79 Å². The fourth-order valence-corrected chi connectivity index (χ4v) is 2.10. The van der Waals surface area contributed by atoms with Crippen LogP contribution in [0.15, 0.2) is 0 Å². The third-order valence-corrected chi connectivity index (χ3v) is 3.74. The van der Waals surface area contributed by atoms with E-state index in [2.05, 4.69) is 6.92 Å². The van der Waals surface area contributed by atoms with Gasteiger partial charge in [0.2, 0.25) is 0 Å². The van der Waals surface area contributed by atoms with Gasteiger partial charge < -0.3 is 10.1 Å². The first kappa shape index (κ1) is 17.1. The Balaban J connectivity index is 3.92. The Morgan fingerprint density at radius 1 is 1.11 bits per heavy atom. The maximum atomic E-state index is 11.7. The summed E-state index contributed by atoms with van der Waals surface area (Å²) in [6, 6.07) is 0. The van der Waals surface area contributed by atoms with E-state index in [0.717, 1.165) is 19.3 Å². The van der Waals surface area contributed by atoms with E-state index < -0.39 is 5.41 Å². The summed E-state index contributed by atoms with van der Waals surface area (Å²) in [5, 5.41) is 7.75. The van der Waals surface area contributed by atoms with Gasteiger partial charge in [-0.05, 0) is 20.3 Å². The molecule has 1 N–H and O–H groups in total. The largest absolute Gasteiger partial charge is 0.468 e. The Kier molecular flexibility index (Phi) is 8.69. The van der Waals surface area contributed by atoms with E-state index >= 15 is 0 Å². The molecule has 1 atom stereocenters. The molecule has 0 aliphatic heterocycles. The van der Waals surface area contributed by atoms with Gasteiger partial charge in [-0.25, -0.2) is 0 Å². The number of unbranched alkanes of at least 4 members (excludes halogenated alkanes) is 6. The molecule has 0 amide bonds. The number of esters is 1. The third kappa shape index (κ3) is 5.65. The van der Waals surface area contributed by atoms with Crippen molar-refractivity contribution in [2.24, 2.45) is 5.41 Å². The Morgan fingerprint density at radius 3 is 2.06 bits per heavy atom. The fourth-order valence-electron chi connectivity index (χ4n) is 2.10. The number of ether oxygens (including phenoxy) is 1. The van der Waals surface area contributed by atoms with Crippen molar-refractivity contribution >= 4 is 11.7 Å². The van der Waals surface area contributed by atoms with Gasteiger partial charge >= 0.3 is 5.97 Å². The smallest absolute Gasteiger partial charge is 0.317 e. The first-order valence-electron chi connectivity index (χ1n) is 7.13. The zero-order valence-corrected chi connectivity index (χ0v) is 12.5. The lowest BCUT2D eigenvalue weighted by Gasteiger charge is -2.25.